The quantitative estimate of drug-likeness (QED) is 0.800. The van der Waals surface area contributed by atoms with Crippen molar-refractivity contribution in [3.63, 3.8) is 0 Å². The molecule has 0 bridgehead atoms. The Morgan fingerprint density at radius 3 is 2.41 bits per heavy atom. The molecular weight excluding hydrogens is 226 g/mol. The van der Waals surface area contributed by atoms with Crippen molar-refractivity contribution in [3.8, 4) is 0 Å². The Bertz CT molecular complexity index is 270. The van der Waals surface area contributed by atoms with Gasteiger partial charge >= 0.3 is 0 Å². The minimum atomic E-state index is -2.58. The van der Waals surface area contributed by atoms with E-state index >= 15 is 0 Å². The molecule has 0 aliphatic heterocycles. The standard InChI is InChI=1S/C12H22F2N2O/c1-11(2,7-8-15)16-10(17)9-3-5-12(13,14)6-4-9/h9H,3-8,15H2,1-2H3,(H,16,17). The van der Waals surface area contributed by atoms with Gasteiger partial charge in [-0.2, -0.15) is 0 Å². The Morgan fingerprint density at radius 2 is 1.94 bits per heavy atom. The molecule has 1 fully saturated rings. The van der Waals surface area contributed by atoms with Crippen molar-refractivity contribution in [3.05, 3.63) is 0 Å². The zero-order valence-electron chi connectivity index (χ0n) is 10.6. The lowest BCUT2D eigenvalue weighted by Crippen LogP contribution is -2.48. The summed E-state index contributed by atoms with van der Waals surface area (Å²) in [6, 6.07) is 0. The molecule has 100 valence electrons. The van der Waals surface area contributed by atoms with Gasteiger partial charge in [-0.25, -0.2) is 8.78 Å². The molecule has 0 aromatic heterocycles. The molecule has 0 radical (unpaired) electrons. The first kappa shape index (κ1) is 14.4. The summed E-state index contributed by atoms with van der Waals surface area (Å²) in [5.41, 5.74) is 5.10. The molecule has 1 aliphatic carbocycles. The summed E-state index contributed by atoms with van der Waals surface area (Å²) in [4.78, 5) is 11.9. The van der Waals surface area contributed by atoms with E-state index in [0.717, 1.165) is 0 Å². The second-order valence-electron chi connectivity index (χ2n) is 5.54. The van der Waals surface area contributed by atoms with Crippen LogP contribution in [-0.4, -0.2) is 23.9 Å². The molecule has 0 aromatic carbocycles. The molecule has 1 rings (SSSR count). The molecule has 0 unspecified atom stereocenters. The predicted octanol–water partition coefficient (Wildman–Crippen LogP) is 2.06. The predicted molar refractivity (Wildman–Crippen MR) is 62.8 cm³/mol. The van der Waals surface area contributed by atoms with Gasteiger partial charge in [0.2, 0.25) is 11.8 Å². The monoisotopic (exact) mass is 248 g/mol. The Balaban J connectivity index is 2.44. The number of carbonyl (C=O) groups is 1. The van der Waals surface area contributed by atoms with E-state index in [0.29, 0.717) is 13.0 Å². The summed E-state index contributed by atoms with van der Waals surface area (Å²) in [5, 5.41) is 2.89. The van der Waals surface area contributed by atoms with E-state index in [1.807, 2.05) is 13.8 Å². The summed E-state index contributed by atoms with van der Waals surface area (Å²) in [7, 11) is 0. The fourth-order valence-corrected chi connectivity index (χ4v) is 2.16. The number of carbonyl (C=O) groups excluding carboxylic acids is 1. The summed E-state index contributed by atoms with van der Waals surface area (Å²) in [6.07, 6.45) is 0.876. The van der Waals surface area contributed by atoms with Gasteiger partial charge in [-0.1, -0.05) is 0 Å². The van der Waals surface area contributed by atoms with Crippen molar-refractivity contribution in [2.24, 2.45) is 11.7 Å². The Hall–Kier alpha value is -0.710. The van der Waals surface area contributed by atoms with Crippen molar-refractivity contribution >= 4 is 5.91 Å². The molecule has 1 amide bonds. The third-order valence-electron chi connectivity index (χ3n) is 3.32. The van der Waals surface area contributed by atoms with Crippen molar-refractivity contribution < 1.29 is 13.6 Å². The van der Waals surface area contributed by atoms with Gasteiger partial charge in [0.25, 0.3) is 0 Å². The van der Waals surface area contributed by atoms with Gasteiger partial charge in [0, 0.05) is 24.3 Å². The van der Waals surface area contributed by atoms with E-state index in [4.69, 9.17) is 5.73 Å². The molecule has 5 heteroatoms. The Kier molecular flexibility index (Phi) is 4.47. The fourth-order valence-electron chi connectivity index (χ4n) is 2.16. The second-order valence-corrected chi connectivity index (χ2v) is 5.54. The van der Waals surface area contributed by atoms with Gasteiger partial charge in [0.05, 0.1) is 0 Å². The van der Waals surface area contributed by atoms with E-state index in [1.165, 1.54) is 0 Å². The lowest BCUT2D eigenvalue weighted by molar-refractivity contribution is -0.130. The Morgan fingerprint density at radius 1 is 1.41 bits per heavy atom. The maximum absolute atomic E-state index is 13.0. The molecule has 17 heavy (non-hydrogen) atoms. The van der Waals surface area contributed by atoms with Gasteiger partial charge in [-0.3, -0.25) is 4.79 Å². The average Bonchev–Trinajstić information content (AvgIpc) is 2.16. The summed E-state index contributed by atoms with van der Waals surface area (Å²) in [6.45, 7) is 4.29. The maximum Gasteiger partial charge on any atom is 0.248 e. The van der Waals surface area contributed by atoms with Crippen LogP contribution in [0.25, 0.3) is 0 Å². The molecule has 0 atom stereocenters. The fraction of sp³-hybridized carbons (Fsp3) is 0.917. The van der Waals surface area contributed by atoms with Crippen molar-refractivity contribution in [2.75, 3.05) is 6.54 Å². The highest BCUT2D eigenvalue weighted by Crippen LogP contribution is 2.36. The first-order valence-corrected chi connectivity index (χ1v) is 6.16. The topological polar surface area (TPSA) is 55.1 Å². The van der Waals surface area contributed by atoms with Crippen molar-refractivity contribution in [2.45, 2.75) is 57.4 Å². The van der Waals surface area contributed by atoms with Crippen LogP contribution in [0.3, 0.4) is 0 Å². The van der Waals surface area contributed by atoms with Gasteiger partial charge in [0.15, 0.2) is 0 Å². The number of rotatable bonds is 4. The molecule has 0 spiro atoms. The van der Waals surface area contributed by atoms with Crippen LogP contribution in [-0.2, 0) is 4.79 Å². The first-order chi connectivity index (χ1) is 7.76. The molecule has 1 saturated carbocycles. The first-order valence-electron chi connectivity index (χ1n) is 6.16. The largest absolute Gasteiger partial charge is 0.351 e. The highest BCUT2D eigenvalue weighted by Gasteiger charge is 2.38. The minimum absolute atomic E-state index is 0.112. The summed E-state index contributed by atoms with van der Waals surface area (Å²) >= 11 is 0. The van der Waals surface area contributed by atoms with E-state index in [2.05, 4.69) is 5.32 Å². The van der Waals surface area contributed by atoms with Crippen LogP contribution < -0.4 is 11.1 Å². The SMILES string of the molecule is CC(C)(CCN)NC(=O)C1CCC(F)(F)CC1. The number of halogens is 2. The van der Waals surface area contributed by atoms with Crippen LogP contribution in [0.1, 0.15) is 46.0 Å². The molecule has 3 N–H and O–H groups in total. The van der Waals surface area contributed by atoms with Crippen molar-refractivity contribution in [1.82, 2.24) is 5.32 Å². The van der Waals surface area contributed by atoms with E-state index in [-0.39, 0.29) is 43.0 Å². The number of hydrogen-bond donors (Lipinski definition) is 2. The Labute approximate surface area is 101 Å². The average molecular weight is 248 g/mol. The van der Waals surface area contributed by atoms with Crippen LogP contribution in [0.2, 0.25) is 0 Å². The van der Waals surface area contributed by atoms with Crippen LogP contribution in [0, 0.1) is 5.92 Å². The molecule has 0 heterocycles. The normalized spacial score (nSPS) is 21.2. The van der Waals surface area contributed by atoms with Crippen molar-refractivity contribution in [1.29, 1.82) is 0 Å². The second kappa shape index (κ2) is 5.29. The minimum Gasteiger partial charge on any atom is -0.351 e. The number of amides is 1. The summed E-state index contributed by atoms with van der Waals surface area (Å²) in [5.74, 6) is -2.96. The number of hydrogen-bond acceptors (Lipinski definition) is 2. The van der Waals surface area contributed by atoms with Crippen LogP contribution in [0.5, 0.6) is 0 Å². The highest BCUT2D eigenvalue weighted by atomic mass is 19.3. The zero-order chi connectivity index (χ0) is 13.1. The lowest BCUT2D eigenvalue weighted by atomic mass is 9.85. The maximum atomic E-state index is 13.0. The van der Waals surface area contributed by atoms with E-state index in [1.54, 1.807) is 0 Å². The van der Waals surface area contributed by atoms with Gasteiger partial charge in [-0.15, -0.1) is 0 Å². The highest BCUT2D eigenvalue weighted by molar-refractivity contribution is 5.79. The van der Waals surface area contributed by atoms with E-state index < -0.39 is 5.92 Å². The third-order valence-corrected chi connectivity index (χ3v) is 3.32. The van der Waals surface area contributed by atoms with Gasteiger partial charge in [-0.05, 0) is 39.7 Å². The van der Waals surface area contributed by atoms with Crippen LogP contribution in [0.4, 0.5) is 8.78 Å². The zero-order valence-corrected chi connectivity index (χ0v) is 10.6. The number of nitrogens with two attached hydrogens (primary N) is 1. The van der Waals surface area contributed by atoms with Crippen LogP contribution >= 0.6 is 0 Å². The smallest absolute Gasteiger partial charge is 0.248 e. The van der Waals surface area contributed by atoms with Crippen LogP contribution in [0.15, 0.2) is 0 Å². The molecular formula is C12H22F2N2O. The molecule has 3 nitrogen and oxygen atoms in total. The molecule has 0 aromatic rings. The number of alkyl halides is 2. The number of nitrogens with one attached hydrogen (secondary N) is 1. The third kappa shape index (κ3) is 4.58. The van der Waals surface area contributed by atoms with Gasteiger partial charge in [0.1, 0.15) is 0 Å². The van der Waals surface area contributed by atoms with Gasteiger partial charge < -0.3 is 11.1 Å². The summed E-state index contributed by atoms with van der Waals surface area (Å²) < 4.78 is 25.9. The molecule has 1 aliphatic rings. The molecule has 0 saturated heterocycles. The lowest BCUT2D eigenvalue weighted by Gasteiger charge is -2.32. The van der Waals surface area contributed by atoms with E-state index in [9.17, 15) is 13.6 Å².